The van der Waals surface area contributed by atoms with E-state index >= 15 is 0 Å². The molecule has 1 radical (unpaired) electrons. The van der Waals surface area contributed by atoms with Gasteiger partial charge in [0, 0.05) is 0 Å². The third-order valence-corrected chi connectivity index (χ3v) is 3.04. The molecule has 1 aliphatic rings. The Labute approximate surface area is 85.2 Å². The molecule has 2 nitrogen and oxygen atoms in total. The zero-order chi connectivity index (χ0) is 10.2. The van der Waals surface area contributed by atoms with Gasteiger partial charge in [0.05, 0.1) is 0 Å². The number of aryl methyl sites for hydroxylation is 1. The van der Waals surface area contributed by atoms with E-state index in [-0.39, 0.29) is 0 Å². The number of hydrogen-bond acceptors (Lipinski definition) is 2. The maximum Gasteiger partial charge on any atom is 0.569 e. The molecule has 1 aromatic carbocycles. The molecule has 0 heterocycles. The minimum absolute atomic E-state index is 0.394. The molecule has 14 heavy (non-hydrogen) atoms. The Kier molecular flexibility index (Phi) is 2.27. The molecule has 1 saturated carbocycles. The van der Waals surface area contributed by atoms with E-state index in [1.54, 1.807) is 0 Å². The van der Waals surface area contributed by atoms with Gasteiger partial charge in [0.15, 0.2) is 0 Å². The summed E-state index contributed by atoms with van der Waals surface area (Å²) in [6, 6.07) is 5.96. The van der Waals surface area contributed by atoms with Crippen LogP contribution in [-0.2, 0) is 5.41 Å². The fourth-order valence-corrected chi connectivity index (χ4v) is 1.90. The van der Waals surface area contributed by atoms with Crippen molar-refractivity contribution in [1.29, 1.82) is 0 Å². The first-order valence-corrected chi connectivity index (χ1v) is 4.89. The highest BCUT2D eigenvalue weighted by Crippen LogP contribution is 2.49. The summed E-state index contributed by atoms with van der Waals surface area (Å²) in [6.07, 6.45) is 2.56. The monoisotopic (exact) mass is 189 g/mol. The van der Waals surface area contributed by atoms with Crippen molar-refractivity contribution in [3.05, 3.63) is 29.3 Å². The maximum atomic E-state index is 8.50. The second-order valence-electron chi connectivity index (χ2n) is 4.26. The van der Waals surface area contributed by atoms with Crippen molar-refractivity contribution in [2.24, 2.45) is 0 Å². The van der Waals surface area contributed by atoms with Gasteiger partial charge in [-0.3, -0.25) is 0 Å². The van der Waals surface area contributed by atoms with Crippen LogP contribution in [0.4, 0.5) is 0 Å². The van der Waals surface area contributed by atoms with E-state index < -0.39 is 0 Å². The summed E-state index contributed by atoms with van der Waals surface area (Å²) in [5.74, 6) is 0.693. The molecule has 0 saturated heterocycles. The number of benzene rings is 1. The topological polar surface area (TPSA) is 29.5 Å². The average Bonchev–Trinajstić information content (AvgIpc) is 2.85. The Morgan fingerprint density at radius 3 is 2.64 bits per heavy atom. The standard InChI is InChI=1S/C11H14BO2/c1-8-7-9(14-12-13)3-4-10(8)11(2)5-6-11/h3-4,7,13H,5-6H2,1-2H3. The summed E-state index contributed by atoms with van der Waals surface area (Å²) in [5.41, 5.74) is 3.04. The first-order valence-electron chi connectivity index (χ1n) is 4.89. The molecule has 0 amide bonds. The molecular weight excluding hydrogens is 175 g/mol. The largest absolute Gasteiger partial charge is 0.569 e. The first-order chi connectivity index (χ1) is 6.65. The third kappa shape index (κ3) is 1.64. The Morgan fingerprint density at radius 1 is 1.43 bits per heavy atom. The van der Waals surface area contributed by atoms with Crippen LogP contribution in [0.1, 0.15) is 30.9 Å². The lowest BCUT2D eigenvalue weighted by Gasteiger charge is -2.13. The predicted molar refractivity (Wildman–Crippen MR) is 56.4 cm³/mol. The quantitative estimate of drug-likeness (QED) is 0.736. The number of rotatable bonds is 3. The zero-order valence-corrected chi connectivity index (χ0v) is 8.58. The highest BCUT2D eigenvalue weighted by atomic mass is 16.5. The average molecular weight is 189 g/mol. The smallest absolute Gasteiger partial charge is 0.537 e. The van der Waals surface area contributed by atoms with Crippen LogP contribution in [0.3, 0.4) is 0 Å². The van der Waals surface area contributed by atoms with E-state index in [0.29, 0.717) is 18.8 Å². The lowest BCUT2D eigenvalue weighted by molar-refractivity contribution is 0.453. The van der Waals surface area contributed by atoms with E-state index in [9.17, 15) is 0 Å². The van der Waals surface area contributed by atoms with Crippen molar-refractivity contribution < 1.29 is 9.68 Å². The molecule has 1 N–H and O–H groups in total. The van der Waals surface area contributed by atoms with E-state index in [4.69, 9.17) is 9.68 Å². The lowest BCUT2D eigenvalue weighted by atomic mass is 9.94. The van der Waals surface area contributed by atoms with Crippen LogP contribution in [0.15, 0.2) is 18.2 Å². The highest BCUT2D eigenvalue weighted by Gasteiger charge is 2.39. The van der Waals surface area contributed by atoms with Crippen LogP contribution in [0.2, 0.25) is 0 Å². The normalized spacial score (nSPS) is 17.6. The molecule has 73 valence electrons. The van der Waals surface area contributed by atoms with E-state index in [0.717, 1.165) is 0 Å². The fourth-order valence-electron chi connectivity index (χ4n) is 1.90. The molecular formula is C11H14BO2. The van der Waals surface area contributed by atoms with Gasteiger partial charge in [-0.2, -0.15) is 0 Å². The zero-order valence-electron chi connectivity index (χ0n) is 8.58. The van der Waals surface area contributed by atoms with Crippen LogP contribution >= 0.6 is 0 Å². The van der Waals surface area contributed by atoms with Gasteiger partial charge in [0.25, 0.3) is 0 Å². The summed E-state index contributed by atoms with van der Waals surface area (Å²) in [5, 5.41) is 8.50. The second-order valence-corrected chi connectivity index (χ2v) is 4.26. The molecule has 1 aliphatic carbocycles. The highest BCUT2D eigenvalue weighted by molar-refractivity contribution is 6.17. The molecule has 3 heteroatoms. The third-order valence-electron chi connectivity index (χ3n) is 3.04. The Bertz CT molecular complexity index is 345. The Hall–Kier alpha value is -0.955. The predicted octanol–water partition coefficient (Wildman–Crippen LogP) is 1.95. The van der Waals surface area contributed by atoms with E-state index in [1.807, 2.05) is 12.1 Å². The van der Waals surface area contributed by atoms with Crippen LogP contribution in [0.5, 0.6) is 5.75 Å². The fraction of sp³-hybridized carbons (Fsp3) is 0.455. The molecule has 0 spiro atoms. The lowest BCUT2D eigenvalue weighted by Crippen LogP contribution is -2.04. The summed E-state index contributed by atoms with van der Waals surface area (Å²) >= 11 is 0. The van der Waals surface area contributed by atoms with Gasteiger partial charge in [-0.15, -0.1) is 0 Å². The molecule has 0 bridgehead atoms. The molecule has 0 aromatic heterocycles. The van der Waals surface area contributed by atoms with Crippen LogP contribution < -0.4 is 4.65 Å². The Balaban J connectivity index is 2.27. The first kappa shape index (κ1) is 9.59. The van der Waals surface area contributed by atoms with Crippen molar-refractivity contribution in [3.8, 4) is 5.75 Å². The van der Waals surface area contributed by atoms with Gasteiger partial charge >= 0.3 is 7.69 Å². The number of hydrogen-bond donors (Lipinski definition) is 1. The van der Waals surface area contributed by atoms with Gasteiger partial charge in [-0.05, 0) is 48.4 Å². The van der Waals surface area contributed by atoms with E-state index in [2.05, 4.69) is 19.9 Å². The molecule has 2 rings (SSSR count). The minimum Gasteiger partial charge on any atom is -0.537 e. The van der Waals surface area contributed by atoms with Crippen LogP contribution in [-0.4, -0.2) is 12.7 Å². The van der Waals surface area contributed by atoms with Crippen molar-refractivity contribution in [3.63, 3.8) is 0 Å². The van der Waals surface area contributed by atoms with Gasteiger partial charge in [-0.1, -0.05) is 13.0 Å². The van der Waals surface area contributed by atoms with Gasteiger partial charge in [-0.25, -0.2) is 0 Å². The molecule has 0 aliphatic heterocycles. The van der Waals surface area contributed by atoms with Gasteiger partial charge in [0.1, 0.15) is 5.75 Å². The van der Waals surface area contributed by atoms with Gasteiger partial charge < -0.3 is 9.68 Å². The Morgan fingerprint density at radius 2 is 2.14 bits per heavy atom. The maximum absolute atomic E-state index is 8.50. The summed E-state index contributed by atoms with van der Waals surface area (Å²) in [7, 11) is 0.716. The van der Waals surface area contributed by atoms with Gasteiger partial charge in [0.2, 0.25) is 0 Å². The van der Waals surface area contributed by atoms with Crippen LogP contribution in [0.25, 0.3) is 0 Å². The summed E-state index contributed by atoms with van der Waals surface area (Å²) < 4.78 is 4.91. The van der Waals surface area contributed by atoms with Crippen molar-refractivity contribution in [2.75, 3.05) is 0 Å². The minimum atomic E-state index is 0.394. The van der Waals surface area contributed by atoms with Crippen molar-refractivity contribution >= 4 is 7.69 Å². The summed E-state index contributed by atoms with van der Waals surface area (Å²) in [6.45, 7) is 4.37. The molecule has 1 aromatic rings. The summed E-state index contributed by atoms with van der Waals surface area (Å²) in [4.78, 5) is 0. The van der Waals surface area contributed by atoms with Crippen LogP contribution in [0, 0.1) is 6.92 Å². The molecule has 0 atom stereocenters. The molecule has 0 unspecified atom stereocenters. The SMILES string of the molecule is Cc1cc(O[B]O)ccc1C1(C)CC1. The van der Waals surface area contributed by atoms with Crippen molar-refractivity contribution in [2.45, 2.75) is 32.1 Å². The van der Waals surface area contributed by atoms with E-state index in [1.165, 1.54) is 24.0 Å². The second kappa shape index (κ2) is 3.32. The molecule has 1 fully saturated rings. The van der Waals surface area contributed by atoms with Crippen molar-refractivity contribution in [1.82, 2.24) is 0 Å².